The molecule has 0 heterocycles. The second-order valence-electron chi connectivity index (χ2n) is 8.38. The van der Waals surface area contributed by atoms with Gasteiger partial charge >= 0.3 is 0 Å². The number of Topliss-reactive ketones (excluding diaryl/α,β-unsaturated/α-hetero) is 1. The summed E-state index contributed by atoms with van der Waals surface area (Å²) in [4.78, 5) is 12.9. The average molecular weight is 407 g/mol. The summed E-state index contributed by atoms with van der Waals surface area (Å²) in [6.45, 7) is 4.53. The lowest BCUT2D eigenvalue weighted by atomic mass is 9.84. The number of carbonyl (C=O) groups is 1. The van der Waals surface area contributed by atoms with Crippen LogP contribution in [0.25, 0.3) is 5.57 Å². The van der Waals surface area contributed by atoms with Gasteiger partial charge in [-0.25, -0.2) is 0 Å². The predicted molar refractivity (Wildman–Crippen MR) is 128 cm³/mol. The third kappa shape index (κ3) is 4.53. The van der Waals surface area contributed by atoms with Crippen molar-refractivity contribution in [1.82, 2.24) is 0 Å². The summed E-state index contributed by atoms with van der Waals surface area (Å²) in [7, 11) is -2.02. The van der Waals surface area contributed by atoms with Crippen molar-refractivity contribution in [2.45, 2.75) is 32.4 Å². The first-order chi connectivity index (χ1) is 14.5. The lowest BCUT2D eigenvalue weighted by Crippen LogP contribution is -2.22. The van der Waals surface area contributed by atoms with E-state index in [0.717, 1.165) is 40.7 Å². The van der Waals surface area contributed by atoms with Crippen LogP contribution in [-0.4, -0.2) is 13.9 Å². The molecule has 1 aliphatic carbocycles. The van der Waals surface area contributed by atoms with Crippen molar-refractivity contribution in [1.29, 1.82) is 0 Å². The molecule has 0 amide bonds. The number of rotatable bonds is 3. The number of hydrogen-bond acceptors (Lipinski definition) is 1. The fourth-order valence-electron chi connectivity index (χ4n) is 4.01. The van der Waals surface area contributed by atoms with Gasteiger partial charge in [-0.2, -0.15) is 0 Å². The van der Waals surface area contributed by atoms with Gasteiger partial charge in [-0.1, -0.05) is 91.4 Å². The summed E-state index contributed by atoms with van der Waals surface area (Å²) in [5.74, 6) is 3.63. The molecule has 0 fully saturated rings. The molecular formula is C28H26OSi. The second-order valence-corrected chi connectivity index (χ2v) is 12.4. The Bertz CT molecular complexity index is 1150. The van der Waals surface area contributed by atoms with Gasteiger partial charge in [0.1, 0.15) is 0 Å². The first-order valence-corrected chi connectivity index (χ1v) is 13.6. The van der Waals surface area contributed by atoms with Crippen LogP contribution < -0.4 is 0 Å². The van der Waals surface area contributed by atoms with Crippen LogP contribution in [0.15, 0.2) is 84.6 Å². The SMILES string of the molecule is C[Si](C)(C#Cc1ccccc1)/C=C(\c1ccccc1)c1cccc2c1C(=O)CCC2. The first kappa shape index (κ1) is 20.1. The van der Waals surface area contributed by atoms with Crippen LogP contribution in [0.1, 0.15) is 45.5 Å². The Kier molecular flexibility index (Phi) is 5.83. The number of carbonyl (C=O) groups excluding carboxylic acids is 1. The van der Waals surface area contributed by atoms with Crippen LogP contribution in [0.2, 0.25) is 13.1 Å². The quantitative estimate of drug-likeness (QED) is 0.359. The Morgan fingerprint density at radius 1 is 0.867 bits per heavy atom. The van der Waals surface area contributed by atoms with Gasteiger partial charge < -0.3 is 0 Å². The summed E-state index contributed by atoms with van der Waals surface area (Å²) in [5.41, 5.74) is 12.4. The van der Waals surface area contributed by atoms with Crippen molar-refractivity contribution in [2.24, 2.45) is 0 Å². The summed E-state index contributed by atoms with van der Waals surface area (Å²) >= 11 is 0. The first-order valence-electron chi connectivity index (χ1n) is 10.6. The molecule has 0 saturated heterocycles. The van der Waals surface area contributed by atoms with Crippen LogP contribution in [0.4, 0.5) is 0 Å². The van der Waals surface area contributed by atoms with Gasteiger partial charge in [0.15, 0.2) is 13.9 Å². The van der Waals surface area contributed by atoms with Gasteiger partial charge in [-0.05, 0) is 47.2 Å². The highest BCUT2D eigenvalue weighted by Gasteiger charge is 2.25. The zero-order valence-electron chi connectivity index (χ0n) is 17.6. The van der Waals surface area contributed by atoms with Crippen molar-refractivity contribution in [2.75, 3.05) is 0 Å². The molecular weight excluding hydrogens is 380 g/mol. The van der Waals surface area contributed by atoms with Crippen molar-refractivity contribution in [3.63, 3.8) is 0 Å². The van der Waals surface area contributed by atoms with E-state index in [1.165, 1.54) is 5.56 Å². The minimum atomic E-state index is -2.02. The molecule has 3 aromatic carbocycles. The number of hydrogen-bond donors (Lipinski definition) is 0. The Labute approximate surface area is 180 Å². The van der Waals surface area contributed by atoms with Gasteiger partial charge in [-0.15, -0.1) is 5.54 Å². The molecule has 0 aromatic heterocycles. The molecule has 1 nitrogen and oxygen atoms in total. The van der Waals surface area contributed by atoms with E-state index in [4.69, 9.17) is 0 Å². The fraction of sp³-hybridized carbons (Fsp3) is 0.179. The molecule has 30 heavy (non-hydrogen) atoms. The summed E-state index contributed by atoms with van der Waals surface area (Å²) in [5, 5.41) is 0. The summed E-state index contributed by atoms with van der Waals surface area (Å²) in [6, 6.07) is 26.9. The highest BCUT2D eigenvalue weighted by atomic mass is 28.3. The van der Waals surface area contributed by atoms with Gasteiger partial charge in [-0.3, -0.25) is 4.79 Å². The summed E-state index contributed by atoms with van der Waals surface area (Å²) in [6.07, 6.45) is 2.56. The molecule has 148 valence electrons. The topological polar surface area (TPSA) is 17.1 Å². The van der Waals surface area contributed by atoms with E-state index in [0.29, 0.717) is 6.42 Å². The van der Waals surface area contributed by atoms with E-state index < -0.39 is 8.07 Å². The molecule has 0 bridgehead atoms. The number of ketones is 1. The van der Waals surface area contributed by atoms with Crippen molar-refractivity contribution >= 4 is 19.4 Å². The van der Waals surface area contributed by atoms with Crippen LogP contribution >= 0.6 is 0 Å². The van der Waals surface area contributed by atoms with Crippen molar-refractivity contribution < 1.29 is 4.79 Å². The molecule has 3 aromatic rings. The normalized spacial score (nSPS) is 13.9. The minimum Gasteiger partial charge on any atom is -0.294 e. The van der Waals surface area contributed by atoms with E-state index in [1.807, 2.05) is 36.4 Å². The molecule has 0 radical (unpaired) electrons. The molecule has 0 unspecified atom stereocenters. The lowest BCUT2D eigenvalue weighted by Gasteiger charge is -2.22. The predicted octanol–water partition coefficient (Wildman–Crippen LogP) is 6.48. The van der Waals surface area contributed by atoms with E-state index in [9.17, 15) is 4.79 Å². The maximum Gasteiger partial charge on any atom is 0.163 e. The average Bonchev–Trinajstić information content (AvgIpc) is 2.77. The maximum absolute atomic E-state index is 12.9. The van der Waals surface area contributed by atoms with Crippen molar-refractivity contribution in [3.8, 4) is 11.5 Å². The Morgan fingerprint density at radius 3 is 2.30 bits per heavy atom. The van der Waals surface area contributed by atoms with E-state index in [2.05, 4.69) is 72.7 Å². The third-order valence-electron chi connectivity index (χ3n) is 5.46. The van der Waals surface area contributed by atoms with E-state index in [1.54, 1.807) is 0 Å². The molecule has 0 atom stereocenters. The van der Waals surface area contributed by atoms with Crippen LogP contribution in [-0.2, 0) is 6.42 Å². The van der Waals surface area contributed by atoms with Crippen LogP contribution in [0.5, 0.6) is 0 Å². The largest absolute Gasteiger partial charge is 0.294 e. The van der Waals surface area contributed by atoms with Gasteiger partial charge in [0, 0.05) is 17.5 Å². The zero-order chi connectivity index (χ0) is 21.0. The summed E-state index contributed by atoms with van der Waals surface area (Å²) < 4.78 is 0. The molecule has 0 aliphatic heterocycles. The van der Waals surface area contributed by atoms with Crippen LogP contribution in [0.3, 0.4) is 0 Å². The Morgan fingerprint density at radius 2 is 1.57 bits per heavy atom. The zero-order valence-corrected chi connectivity index (χ0v) is 18.6. The molecule has 4 rings (SSSR count). The lowest BCUT2D eigenvalue weighted by molar-refractivity contribution is 0.0972. The highest BCUT2D eigenvalue weighted by Crippen LogP contribution is 2.33. The standard InChI is InChI=1S/C28H26OSi/c1-30(2,20-19-22-11-5-3-6-12-22)21-26(23-13-7-4-8-14-23)25-17-9-15-24-16-10-18-27(29)28(24)25/h3-9,11-15,17,21H,10,16,18H2,1-2H3/b26-21+. The molecule has 2 heteroatoms. The minimum absolute atomic E-state index is 0.267. The van der Waals surface area contributed by atoms with E-state index in [-0.39, 0.29) is 5.78 Å². The third-order valence-corrected chi connectivity index (χ3v) is 7.24. The second kappa shape index (κ2) is 8.69. The fourth-order valence-corrected chi connectivity index (χ4v) is 5.60. The number of benzene rings is 3. The molecule has 0 N–H and O–H groups in total. The smallest absolute Gasteiger partial charge is 0.163 e. The van der Waals surface area contributed by atoms with Gasteiger partial charge in [0.25, 0.3) is 0 Å². The monoisotopic (exact) mass is 406 g/mol. The highest BCUT2D eigenvalue weighted by molar-refractivity contribution is 6.90. The number of fused-ring (bicyclic) bond motifs is 1. The van der Waals surface area contributed by atoms with Crippen molar-refractivity contribution in [3.05, 3.63) is 112 Å². The Balaban J connectivity index is 1.85. The maximum atomic E-state index is 12.9. The Hall–Kier alpha value is -3.15. The molecule has 1 aliphatic rings. The van der Waals surface area contributed by atoms with Gasteiger partial charge in [0.05, 0.1) is 0 Å². The number of aryl methyl sites for hydroxylation is 1. The van der Waals surface area contributed by atoms with E-state index >= 15 is 0 Å². The molecule has 0 spiro atoms. The van der Waals surface area contributed by atoms with Gasteiger partial charge in [0.2, 0.25) is 0 Å². The molecule has 0 saturated carbocycles. The van der Waals surface area contributed by atoms with Crippen LogP contribution in [0, 0.1) is 11.5 Å².